The summed E-state index contributed by atoms with van der Waals surface area (Å²) in [6.07, 6.45) is 3.10. The highest BCUT2D eigenvalue weighted by molar-refractivity contribution is 7.92. The number of carbonyl (C=O) groups is 1. The zero-order valence-electron chi connectivity index (χ0n) is 11.0. The minimum Gasteiger partial charge on any atom is -0.481 e. The van der Waals surface area contributed by atoms with Gasteiger partial charge in [-0.15, -0.1) is 0 Å². The molecule has 1 aromatic rings. The van der Waals surface area contributed by atoms with Gasteiger partial charge in [-0.1, -0.05) is 6.07 Å². The van der Waals surface area contributed by atoms with Crippen molar-refractivity contribution in [3.63, 3.8) is 0 Å². The van der Waals surface area contributed by atoms with E-state index in [4.69, 9.17) is 5.11 Å². The highest BCUT2D eigenvalue weighted by Gasteiger charge is 2.08. The van der Waals surface area contributed by atoms with Gasteiger partial charge in [0.05, 0.1) is 17.8 Å². The van der Waals surface area contributed by atoms with Gasteiger partial charge < -0.3 is 10.0 Å². The Kier molecular flexibility index (Phi) is 4.34. The average molecular weight is 270 g/mol. The van der Waals surface area contributed by atoms with Gasteiger partial charge in [-0.25, -0.2) is 4.21 Å². The van der Waals surface area contributed by atoms with Gasteiger partial charge in [-0.3, -0.25) is 4.79 Å². The monoisotopic (exact) mass is 270 g/mol. The van der Waals surface area contributed by atoms with Crippen LogP contribution in [0.15, 0.2) is 22.6 Å². The Morgan fingerprint density at radius 3 is 2.44 bits per heavy atom. The number of carboxylic acids is 1. The normalized spacial score (nSPS) is 11.1. The lowest BCUT2D eigenvalue weighted by Gasteiger charge is -2.16. The first kappa shape index (κ1) is 14.5. The van der Waals surface area contributed by atoms with E-state index >= 15 is 0 Å². The summed E-state index contributed by atoms with van der Waals surface area (Å²) in [5.74, 6) is -0.876. The molecule has 0 saturated carbocycles. The van der Waals surface area contributed by atoms with Gasteiger partial charge in [0.15, 0.2) is 0 Å². The summed E-state index contributed by atoms with van der Waals surface area (Å²) >= 11 is 0. The highest BCUT2D eigenvalue weighted by atomic mass is 32.2. The molecule has 0 atom stereocenters. The largest absolute Gasteiger partial charge is 0.481 e. The topological polar surface area (TPSA) is 70.0 Å². The van der Waals surface area contributed by atoms with Crippen LogP contribution in [0.4, 0.5) is 11.4 Å². The predicted octanol–water partition coefficient (Wildman–Crippen LogP) is 1.74. The number of rotatable bonds is 4. The second-order valence-electron chi connectivity index (χ2n) is 4.56. The number of aliphatic carboxylic acids is 1. The second-order valence-corrected chi connectivity index (χ2v) is 7.11. The van der Waals surface area contributed by atoms with Crippen molar-refractivity contribution in [1.29, 1.82) is 0 Å². The van der Waals surface area contributed by atoms with Crippen molar-refractivity contribution < 1.29 is 14.1 Å². The average Bonchev–Trinajstić information content (AvgIpc) is 2.17. The zero-order chi connectivity index (χ0) is 13.9. The summed E-state index contributed by atoms with van der Waals surface area (Å²) in [6, 6.07) is 5.17. The van der Waals surface area contributed by atoms with E-state index in [0.29, 0.717) is 11.3 Å². The molecule has 0 heterocycles. The molecule has 6 heteroatoms. The lowest BCUT2D eigenvalue weighted by Crippen LogP contribution is -2.10. The van der Waals surface area contributed by atoms with Crippen LogP contribution in [0, 0.1) is 0 Å². The Labute approximate surface area is 108 Å². The lowest BCUT2D eigenvalue weighted by molar-refractivity contribution is -0.136. The fourth-order valence-electron chi connectivity index (χ4n) is 1.53. The Morgan fingerprint density at radius 2 is 2.00 bits per heavy atom. The second kappa shape index (κ2) is 5.39. The van der Waals surface area contributed by atoms with Gasteiger partial charge in [0.25, 0.3) is 0 Å². The summed E-state index contributed by atoms with van der Waals surface area (Å²) in [5, 5.41) is 8.77. The van der Waals surface area contributed by atoms with Gasteiger partial charge in [0, 0.05) is 36.3 Å². The molecule has 0 aliphatic rings. The molecule has 0 fully saturated rings. The van der Waals surface area contributed by atoms with Crippen LogP contribution in [0.25, 0.3) is 0 Å². The van der Waals surface area contributed by atoms with Gasteiger partial charge in [-0.05, 0) is 17.7 Å². The third-order valence-corrected chi connectivity index (χ3v) is 2.83. The van der Waals surface area contributed by atoms with E-state index < -0.39 is 15.7 Å². The Hall–Kier alpha value is -1.56. The van der Waals surface area contributed by atoms with Crippen LogP contribution < -0.4 is 4.90 Å². The molecule has 0 bridgehead atoms. The van der Waals surface area contributed by atoms with Crippen molar-refractivity contribution in [3.8, 4) is 0 Å². The first-order chi connectivity index (χ1) is 8.19. The van der Waals surface area contributed by atoms with E-state index in [1.807, 2.05) is 19.0 Å². The standard InChI is InChI=1S/C12H18N2O3S/c1-14(2)11-7-9(8-12(15)16)5-6-10(11)13-18(3,4)17/h5-7H,8H2,1-4H3,(H,15,16). The first-order valence-electron chi connectivity index (χ1n) is 5.38. The highest BCUT2D eigenvalue weighted by Crippen LogP contribution is 2.29. The van der Waals surface area contributed by atoms with Crippen LogP contribution in [0.2, 0.25) is 0 Å². The Bertz CT molecular complexity index is 565. The molecular weight excluding hydrogens is 252 g/mol. The number of nitrogens with zero attached hydrogens (tertiary/aromatic N) is 2. The summed E-state index contributed by atoms with van der Waals surface area (Å²) in [7, 11) is 1.44. The third kappa shape index (κ3) is 4.37. The number of hydrogen-bond acceptors (Lipinski definition) is 4. The fraction of sp³-hybridized carbons (Fsp3) is 0.417. The Morgan fingerprint density at radius 1 is 1.39 bits per heavy atom. The van der Waals surface area contributed by atoms with E-state index in [0.717, 1.165) is 5.69 Å². The van der Waals surface area contributed by atoms with Gasteiger partial charge >= 0.3 is 5.97 Å². The fourth-order valence-corrected chi connectivity index (χ4v) is 2.15. The molecule has 0 radical (unpaired) electrons. The molecular formula is C12H18N2O3S. The molecule has 1 aromatic carbocycles. The van der Waals surface area contributed by atoms with Crippen LogP contribution in [-0.4, -0.2) is 41.9 Å². The molecule has 1 rings (SSSR count). The van der Waals surface area contributed by atoms with Crippen LogP contribution in [0.3, 0.4) is 0 Å². The molecule has 0 unspecified atom stereocenters. The first-order valence-corrected chi connectivity index (χ1v) is 7.71. The van der Waals surface area contributed by atoms with Crippen LogP contribution >= 0.6 is 0 Å². The van der Waals surface area contributed by atoms with Gasteiger partial charge in [0.2, 0.25) is 0 Å². The smallest absolute Gasteiger partial charge is 0.307 e. The van der Waals surface area contributed by atoms with E-state index in [1.165, 1.54) is 0 Å². The van der Waals surface area contributed by atoms with Crippen molar-refractivity contribution in [3.05, 3.63) is 23.8 Å². The molecule has 0 spiro atoms. The van der Waals surface area contributed by atoms with E-state index in [9.17, 15) is 9.00 Å². The molecule has 5 nitrogen and oxygen atoms in total. The van der Waals surface area contributed by atoms with Crippen molar-refractivity contribution in [1.82, 2.24) is 0 Å². The summed E-state index contributed by atoms with van der Waals surface area (Å²) in [6.45, 7) is 0. The molecule has 1 N–H and O–H groups in total. The Balaban J connectivity index is 3.30. The van der Waals surface area contributed by atoms with Crippen molar-refractivity contribution >= 4 is 27.1 Å². The summed E-state index contributed by atoms with van der Waals surface area (Å²) in [4.78, 5) is 12.5. The minimum atomic E-state index is -2.24. The number of anilines is 1. The lowest BCUT2D eigenvalue weighted by atomic mass is 10.1. The van der Waals surface area contributed by atoms with Crippen molar-refractivity contribution in [2.45, 2.75) is 6.42 Å². The van der Waals surface area contributed by atoms with Crippen LogP contribution in [0.5, 0.6) is 0 Å². The molecule has 100 valence electrons. The van der Waals surface area contributed by atoms with E-state index in [2.05, 4.69) is 4.36 Å². The maximum atomic E-state index is 11.7. The molecule has 18 heavy (non-hydrogen) atoms. The van der Waals surface area contributed by atoms with Gasteiger partial charge in [-0.2, -0.15) is 4.36 Å². The van der Waals surface area contributed by atoms with Crippen molar-refractivity contribution in [2.24, 2.45) is 4.36 Å². The predicted molar refractivity (Wildman–Crippen MR) is 74.2 cm³/mol. The van der Waals surface area contributed by atoms with Crippen molar-refractivity contribution in [2.75, 3.05) is 31.5 Å². The quantitative estimate of drug-likeness (QED) is 0.904. The SMILES string of the molecule is CN(C)c1cc(CC(=O)O)ccc1N=S(C)(C)=O. The summed E-state index contributed by atoms with van der Waals surface area (Å²) < 4.78 is 15.9. The minimum absolute atomic E-state index is 0.0330. The van der Waals surface area contributed by atoms with Gasteiger partial charge in [0.1, 0.15) is 0 Å². The van der Waals surface area contributed by atoms with Crippen LogP contribution in [-0.2, 0) is 20.9 Å². The van der Waals surface area contributed by atoms with E-state index in [1.54, 1.807) is 30.7 Å². The maximum Gasteiger partial charge on any atom is 0.307 e. The number of hydrogen-bond donors (Lipinski definition) is 1. The molecule has 0 amide bonds. The molecule has 0 saturated heterocycles. The maximum absolute atomic E-state index is 11.7. The third-order valence-electron chi connectivity index (χ3n) is 2.20. The number of benzene rings is 1. The number of carboxylic acid groups (broad SMARTS) is 1. The van der Waals surface area contributed by atoms with Crippen LogP contribution in [0.1, 0.15) is 5.56 Å². The molecule has 0 aliphatic carbocycles. The molecule has 0 aromatic heterocycles. The molecule has 0 aliphatic heterocycles. The summed E-state index contributed by atoms with van der Waals surface area (Å²) in [5.41, 5.74) is 2.08. The van der Waals surface area contributed by atoms with E-state index in [-0.39, 0.29) is 6.42 Å². The zero-order valence-corrected chi connectivity index (χ0v) is 11.8.